The van der Waals surface area contributed by atoms with E-state index in [1.54, 1.807) is 24.3 Å². The van der Waals surface area contributed by atoms with E-state index in [9.17, 15) is 19.2 Å². The van der Waals surface area contributed by atoms with E-state index in [4.69, 9.17) is 19.1 Å². The molecule has 1 aliphatic heterocycles. The van der Waals surface area contributed by atoms with Crippen molar-refractivity contribution in [2.24, 2.45) is 5.92 Å². The lowest BCUT2D eigenvalue weighted by atomic mass is 10.2. The van der Waals surface area contributed by atoms with Crippen LogP contribution in [0, 0.1) is 5.92 Å². The molecule has 2 heterocycles. The van der Waals surface area contributed by atoms with Gasteiger partial charge in [-0.25, -0.2) is 9.69 Å². The van der Waals surface area contributed by atoms with Gasteiger partial charge in [0.25, 0.3) is 0 Å². The van der Waals surface area contributed by atoms with Crippen molar-refractivity contribution in [3.05, 3.63) is 36.0 Å². The molecule has 2 aliphatic rings. The largest absolute Gasteiger partial charge is 0.495 e. The van der Waals surface area contributed by atoms with E-state index < -0.39 is 17.8 Å². The van der Waals surface area contributed by atoms with Crippen LogP contribution in [0.25, 0.3) is 0 Å². The lowest BCUT2D eigenvalue weighted by Crippen LogP contribution is -2.36. The zero-order valence-corrected chi connectivity index (χ0v) is 19.8. The number of methoxy groups -OCH3 is 1. The van der Waals surface area contributed by atoms with Gasteiger partial charge in [-0.15, -0.1) is 0 Å². The molecule has 1 saturated heterocycles. The van der Waals surface area contributed by atoms with Gasteiger partial charge in [-0.05, 0) is 30.9 Å². The molecule has 1 saturated carbocycles. The van der Waals surface area contributed by atoms with Gasteiger partial charge in [-0.3, -0.25) is 19.3 Å². The van der Waals surface area contributed by atoms with Crippen LogP contribution in [0.15, 0.2) is 28.8 Å². The van der Waals surface area contributed by atoms with E-state index in [-0.39, 0.29) is 69.4 Å². The highest BCUT2D eigenvalue weighted by Gasteiger charge is 2.46. The number of hydrogen-bond donors (Lipinski definition) is 1. The van der Waals surface area contributed by atoms with Crippen LogP contribution < -0.4 is 9.64 Å². The number of aliphatic hydroxyl groups is 1. The van der Waals surface area contributed by atoms with E-state index in [1.807, 2.05) is 0 Å². The Morgan fingerprint density at radius 3 is 2.64 bits per heavy atom. The maximum atomic E-state index is 13.2. The van der Waals surface area contributed by atoms with E-state index >= 15 is 0 Å². The minimum Gasteiger partial charge on any atom is -0.495 e. The third-order valence-electron chi connectivity index (χ3n) is 5.76. The van der Waals surface area contributed by atoms with Crippen molar-refractivity contribution in [3.63, 3.8) is 0 Å². The fourth-order valence-electron chi connectivity index (χ4n) is 3.76. The Kier molecular flexibility index (Phi) is 7.90. The lowest BCUT2D eigenvalue weighted by Gasteiger charge is -2.24. The summed E-state index contributed by atoms with van der Waals surface area (Å²) in [6, 6.07) is 6.26. The first-order valence-electron chi connectivity index (χ1n) is 11.5. The quantitative estimate of drug-likeness (QED) is 0.231. The van der Waals surface area contributed by atoms with Crippen LogP contribution in [0.4, 0.5) is 10.5 Å². The molecule has 1 aliphatic carbocycles. The second-order valence-corrected chi connectivity index (χ2v) is 8.37. The molecule has 5 amide bonds. The number of imide groups is 2. The van der Waals surface area contributed by atoms with E-state index in [0.717, 1.165) is 22.6 Å². The lowest BCUT2D eigenvalue weighted by molar-refractivity contribution is -0.143. The van der Waals surface area contributed by atoms with Gasteiger partial charge in [0, 0.05) is 13.1 Å². The monoisotopic (exact) mass is 501 g/mol. The number of benzene rings is 1. The summed E-state index contributed by atoms with van der Waals surface area (Å²) in [5.74, 6) is -1.49. The molecule has 1 aromatic heterocycles. The molecule has 0 spiro atoms. The van der Waals surface area contributed by atoms with Gasteiger partial charge in [0.1, 0.15) is 12.3 Å². The molecular weight excluding hydrogens is 474 g/mol. The summed E-state index contributed by atoms with van der Waals surface area (Å²) in [6.07, 6.45) is 1.60. The summed E-state index contributed by atoms with van der Waals surface area (Å²) < 4.78 is 15.8. The van der Waals surface area contributed by atoms with Crippen molar-refractivity contribution in [2.45, 2.75) is 25.8 Å². The Morgan fingerprint density at radius 1 is 1.17 bits per heavy atom. The van der Waals surface area contributed by atoms with Crippen molar-refractivity contribution in [1.82, 2.24) is 19.9 Å². The molecule has 192 valence electrons. The number of para-hydroxylation sites is 2. The van der Waals surface area contributed by atoms with Gasteiger partial charge in [-0.2, -0.15) is 4.98 Å². The molecular formula is C23H27N5O8. The third kappa shape index (κ3) is 5.69. The maximum Gasteiger partial charge on any atom is 0.334 e. The molecule has 4 rings (SSSR count). The van der Waals surface area contributed by atoms with Gasteiger partial charge >= 0.3 is 17.8 Å². The Balaban J connectivity index is 1.43. The molecule has 13 nitrogen and oxygen atoms in total. The maximum absolute atomic E-state index is 13.2. The highest BCUT2D eigenvalue weighted by Crippen LogP contribution is 2.31. The minimum absolute atomic E-state index is 0.0476. The Bertz CT molecular complexity index is 1130. The molecule has 0 unspecified atom stereocenters. The van der Waals surface area contributed by atoms with Crippen LogP contribution in [0.3, 0.4) is 0 Å². The average molecular weight is 501 g/mol. The predicted molar refractivity (Wildman–Crippen MR) is 122 cm³/mol. The number of carbonyl (C=O) groups is 4. The summed E-state index contributed by atoms with van der Waals surface area (Å²) in [7, 11) is 1.49. The van der Waals surface area contributed by atoms with Crippen LogP contribution >= 0.6 is 0 Å². The summed E-state index contributed by atoms with van der Waals surface area (Å²) in [5, 5.41) is 12.7. The van der Waals surface area contributed by atoms with E-state index in [0.29, 0.717) is 11.4 Å². The highest BCUT2D eigenvalue weighted by atomic mass is 16.5. The fraction of sp³-hybridized carbons (Fsp3) is 0.478. The second-order valence-electron chi connectivity index (χ2n) is 8.37. The number of aromatic nitrogens is 2. The summed E-state index contributed by atoms with van der Waals surface area (Å²) >= 11 is 0. The first-order chi connectivity index (χ1) is 17.4. The van der Waals surface area contributed by atoms with Crippen LogP contribution in [-0.2, 0) is 32.1 Å². The van der Waals surface area contributed by atoms with Crippen molar-refractivity contribution in [3.8, 4) is 5.75 Å². The summed E-state index contributed by atoms with van der Waals surface area (Å²) in [4.78, 5) is 57.5. The molecule has 13 heteroatoms. The topological polar surface area (TPSA) is 156 Å². The number of urea groups is 1. The fourth-order valence-corrected chi connectivity index (χ4v) is 3.76. The van der Waals surface area contributed by atoms with E-state index in [2.05, 4.69) is 10.1 Å². The zero-order chi connectivity index (χ0) is 25.7. The molecule has 2 aromatic rings. The minimum atomic E-state index is -0.943. The standard InChI is InChI=1S/C23H27N5O8/c1-34-17-5-3-2-4-16(17)26(8-10-35-11-9-29)20(30)12-18-24-19(36-25-18)14-28-22(32)21(31)27(23(28)33)13-15-6-7-15/h2-5,15,29H,6-14H2,1H3. The first-order valence-corrected chi connectivity index (χ1v) is 11.5. The second kappa shape index (κ2) is 11.3. The van der Waals surface area contributed by atoms with Gasteiger partial charge in [0.05, 0.1) is 39.0 Å². The number of rotatable bonds is 13. The molecule has 1 aromatic carbocycles. The summed E-state index contributed by atoms with van der Waals surface area (Å²) in [6.45, 7) is 0.213. The number of anilines is 1. The Hall–Kier alpha value is -3.84. The van der Waals surface area contributed by atoms with Gasteiger partial charge in [0.15, 0.2) is 5.82 Å². The third-order valence-corrected chi connectivity index (χ3v) is 5.76. The Labute approximate surface area is 206 Å². The van der Waals surface area contributed by atoms with Crippen molar-refractivity contribution >= 4 is 29.4 Å². The molecule has 2 fully saturated rings. The average Bonchev–Trinajstić information content (AvgIpc) is 3.57. The first kappa shape index (κ1) is 25.3. The highest BCUT2D eigenvalue weighted by molar-refractivity contribution is 6.44. The number of hydrogen-bond acceptors (Lipinski definition) is 10. The van der Waals surface area contributed by atoms with Gasteiger partial charge < -0.3 is 24.0 Å². The van der Waals surface area contributed by atoms with Crippen molar-refractivity contribution < 1.29 is 38.3 Å². The smallest absolute Gasteiger partial charge is 0.334 e. The molecule has 0 bridgehead atoms. The van der Waals surface area contributed by atoms with Gasteiger partial charge in [-0.1, -0.05) is 17.3 Å². The van der Waals surface area contributed by atoms with Crippen LogP contribution in [0.2, 0.25) is 0 Å². The zero-order valence-electron chi connectivity index (χ0n) is 19.8. The number of nitrogens with zero attached hydrogens (tertiary/aromatic N) is 5. The van der Waals surface area contributed by atoms with Crippen molar-refractivity contribution in [2.75, 3.05) is 44.9 Å². The molecule has 0 atom stereocenters. The number of carbonyl (C=O) groups excluding carboxylic acids is 4. The van der Waals surface area contributed by atoms with Crippen LogP contribution in [0.1, 0.15) is 24.6 Å². The number of aliphatic hydroxyl groups excluding tert-OH is 1. The van der Waals surface area contributed by atoms with Crippen LogP contribution in [-0.4, -0.2) is 88.8 Å². The Morgan fingerprint density at radius 2 is 1.92 bits per heavy atom. The van der Waals surface area contributed by atoms with E-state index in [1.165, 1.54) is 12.0 Å². The van der Waals surface area contributed by atoms with Crippen molar-refractivity contribution in [1.29, 1.82) is 0 Å². The SMILES string of the molecule is COc1ccccc1N(CCOCCO)C(=O)Cc1noc(CN2C(=O)C(=O)N(CC3CC3)C2=O)n1. The van der Waals surface area contributed by atoms with Gasteiger partial charge in [0.2, 0.25) is 11.8 Å². The number of ether oxygens (including phenoxy) is 2. The number of amides is 5. The molecule has 1 N–H and O–H groups in total. The normalized spacial score (nSPS) is 15.7. The molecule has 36 heavy (non-hydrogen) atoms. The predicted octanol–water partition coefficient (Wildman–Crippen LogP) is 0.364. The van der Waals surface area contributed by atoms with Crippen LogP contribution in [0.5, 0.6) is 5.75 Å². The summed E-state index contributed by atoms with van der Waals surface area (Å²) in [5.41, 5.74) is 0.517. The molecule has 0 radical (unpaired) electrons.